The number of anilines is 1. The quantitative estimate of drug-likeness (QED) is 0.767. The van der Waals surface area contributed by atoms with Crippen molar-refractivity contribution in [2.24, 2.45) is 0 Å². The number of amides is 1. The fraction of sp³-hybridized carbons (Fsp3) is 0.176. The molecule has 6 nitrogen and oxygen atoms in total. The molecule has 0 saturated heterocycles. The molecule has 0 aliphatic rings. The largest absolute Gasteiger partial charge is 0.497 e. The van der Waals surface area contributed by atoms with Crippen LogP contribution in [-0.2, 0) is 9.53 Å². The Hall–Kier alpha value is -2.44. The highest BCUT2D eigenvalue weighted by Gasteiger charge is 2.14. The Morgan fingerprint density at radius 2 is 1.64 bits per heavy atom. The summed E-state index contributed by atoms with van der Waals surface area (Å²) in [7, 11) is 2.93. The van der Waals surface area contributed by atoms with E-state index in [0.717, 1.165) is 0 Å². The number of carbonyl (C=O) groups is 2. The summed E-state index contributed by atoms with van der Waals surface area (Å²) in [5, 5.41) is 3.26. The van der Waals surface area contributed by atoms with E-state index < -0.39 is 18.5 Å². The van der Waals surface area contributed by atoms with Crippen molar-refractivity contribution in [3.8, 4) is 11.5 Å². The molecule has 132 valence electrons. The van der Waals surface area contributed by atoms with Crippen LogP contribution in [0.2, 0.25) is 10.0 Å². The van der Waals surface area contributed by atoms with Crippen LogP contribution in [0.4, 0.5) is 5.69 Å². The summed E-state index contributed by atoms with van der Waals surface area (Å²) in [6, 6.07) is 9.22. The molecule has 0 saturated carbocycles. The molecule has 0 aliphatic carbocycles. The number of esters is 1. The van der Waals surface area contributed by atoms with Crippen LogP contribution in [0.3, 0.4) is 0 Å². The molecule has 2 aromatic rings. The van der Waals surface area contributed by atoms with Crippen molar-refractivity contribution < 1.29 is 23.8 Å². The van der Waals surface area contributed by atoms with E-state index in [0.29, 0.717) is 27.2 Å². The molecule has 1 amide bonds. The number of rotatable bonds is 6. The lowest BCUT2D eigenvalue weighted by Crippen LogP contribution is -2.21. The summed E-state index contributed by atoms with van der Waals surface area (Å²) in [5.74, 6) is -0.375. The number of ether oxygens (including phenoxy) is 3. The monoisotopic (exact) mass is 383 g/mol. The molecular weight excluding hydrogens is 369 g/mol. The Kier molecular flexibility index (Phi) is 6.50. The second-order valence-electron chi connectivity index (χ2n) is 4.85. The van der Waals surface area contributed by atoms with Crippen LogP contribution in [0.5, 0.6) is 11.5 Å². The number of halogens is 2. The highest BCUT2D eigenvalue weighted by molar-refractivity contribution is 6.35. The zero-order valence-electron chi connectivity index (χ0n) is 13.5. The summed E-state index contributed by atoms with van der Waals surface area (Å²) < 4.78 is 15.2. The van der Waals surface area contributed by atoms with Crippen LogP contribution in [0.15, 0.2) is 36.4 Å². The van der Waals surface area contributed by atoms with Crippen LogP contribution < -0.4 is 14.8 Å². The van der Waals surface area contributed by atoms with Gasteiger partial charge >= 0.3 is 5.97 Å². The number of hydrogen-bond acceptors (Lipinski definition) is 5. The molecule has 0 radical (unpaired) electrons. The third kappa shape index (κ3) is 5.27. The van der Waals surface area contributed by atoms with E-state index in [1.54, 1.807) is 18.2 Å². The molecule has 0 spiro atoms. The molecule has 0 atom stereocenters. The average Bonchev–Trinajstić information content (AvgIpc) is 2.62. The first-order valence-corrected chi connectivity index (χ1v) is 7.83. The molecule has 0 fully saturated rings. The Bertz CT molecular complexity index is 772. The second kappa shape index (κ2) is 8.60. The van der Waals surface area contributed by atoms with E-state index in [1.807, 2.05) is 0 Å². The maximum absolute atomic E-state index is 12.1. The zero-order valence-corrected chi connectivity index (χ0v) is 15.0. The molecule has 0 bridgehead atoms. The standard InChI is InChI=1S/C17H15Cl2NO5/c1-23-12-5-10(6-13(8-12)24-2)17(22)25-9-16(21)20-15-7-11(18)3-4-14(15)19/h3-8H,9H2,1-2H3,(H,20,21). The van der Waals surface area contributed by atoms with E-state index in [9.17, 15) is 9.59 Å². The molecule has 0 aliphatic heterocycles. The van der Waals surface area contributed by atoms with E-state index in [2.05, 4.69) is 5.32 Å². The summed E-state index contributed by atoms with van der Waals surface area (Å²) in [6.07, 6.45) is 0. The predicted molar refractivity (Wildman–Crippen MR) is 94.9 cm³/mol. The van der Waals surface area contributed by atoms with Gasteiger partial charge in [-0.05, 0) is 30.3 Å². The Morgan fingerprint density at radius 1 is 1.00 bits per heavy atom. The smallest absolute Gasteiger partial charge is 0.338 e. The van der Waals surface area contributed by atoms with E-state index in [-0.39, 0.29) is 5.56 Å². The lowest BCUT2D eigenvalue weighted by atomic mass is 10.2. The van der Waals surface area contributed by atoms with Crippen LogP contribution in [-0.4, -0.2) is 32.7 Å². The van der Waals surface area contributed by atoms with Crippen molar-refractivity contribution in [1.82, 2.24) is 0 Å². The summed E-state index contributed by atoms with van der Waals surface area (Å²) in [6.45, 7) is -0.485. The highest BCUT2D eigenvalue weighted by atomic mass is 35.5. The molecule has 1 N–H and O–H groups in total. The number of carbonyl (C=O) groups excluding carboxylic acids is 2. The molecule has 0 aromatic heterocycles. The van der Waals surface area contributed by atoms with Gasteiger partial charge in [-0.1, -0.05) is 23.2 Å². The minimum Gasteiger partial charge on any atom is -0.497 e. The minimum absolute atomic E-state index is 0.199. The predicted octanol–water partition coefficient (Wildman–Crippen LogP) is 3.81. The van der Waals surface area contributed by atoms with Gasteiger partial charge in [0.1, 0.15) is 11.5 Å². The minimum atomic E-state index is -0.690. The fourth-order valence-electron chi connectivity index (χ4n) is 1.92. The first-order valence-electron chi connectivity index (χ1n) is 7.08. The third-order valence-corrected chi connectivity index (χ3v) is 3.69. The van der Waals surface area contributed by atoms with Gasteiger partial charge in [-0.2, -0.15) is 0 Å². The maximum atomic E-state index is 12.1. The van der Waals surface area contributed by atoms with Crippen LogP contribution in [0, 0.1) is 0 Å². The van der Waals surface area contributed by atoms with Gasteiger partial charge in [-0.25, -0.2) is 4.79 Å². The third-order valence-electron chi connectivity index (χ3n) is 3.12. The average molecular weight is 384 g/mol. The lowest BCUT2D eigenvalue weighted by Gasteiger charge is -2.10. The summed E-state index contributed by atoms with van der Waals surface area (Å²) >= 11 is 11.8. The fourth-order valence-corrected chi connectivity index (χ4v) is 2.26. The Balaban J connectivity index is 1.99. The van der Waals surface area contributed by atoms with Crippen molar-refractivity contribution in [2.45, 2.75) is 0 Å². The van der Waals surface area contributed by atoms with Gasteiger partial charge in [0.2, 0.25) is 0 Å². The van der Waals surface area contributed by atoms with Crippen molar-refractivity contribution in [1.29, 1.82) is 0 Å². The van der Waals surface area contributed by atoms with Crippen LogP contribution in [0.25, 0.3) is 0 Å². The van der Waals surface area contributed by atoms with E-state index in [1.165, 1.54) is 32.4 Å². The van der Waals surface area contributed by atoms with Crippen molar-refractivity contribution in [3.05, 3.63) is 52.0 Å². The first-order chi connectivity index (χ1) is 11.9. The molecule has 25 heavy (non-hydrogen) atoms. The SMILES string of the molecule is COc1cc(OC)cc(C(=O)OCC(=O)Nc2cc(Cl)ccc2Cl)c1. The van der Waals surface area contributed by atoms with Crippen molar-refractivity contribution in [3.63, 3.8) is 0 Å². The first kappa shape index (κ1) is 18.9. The lowest BCUT2D eigenvalue weighted by molar-refractivity contribution is -0.119. The van der Waals surface area contributed by atoms with Gasteiger partial charge in [-0.3, -0.25) is 4.79 Å². The van der Waals surface area contributed by atoms with E-state index in [4.69, 9.17) is 37.4 Å². The van der Waals surface area contributed by atoms with E-state index >= 15 is 0 Å². The highest BCUT2D eigenvalue weighted by Crippen LogP contribution is 2.25. The summed E-state index contributed by atoms with van der Waals surface area (Å²) in [4.78, 5) is 24.0. The van der Waals surface area contributed by atoms with Gasteiger partial charge in [0, 0.05) is 11.1 Å². The van der Waals surface area contributed by atoms with Gasteiger partial charge in [-0.15, -0.1) is 0 Å². The number of benzene rings is 2. The number of hydrogen-bond donors (Lipinski definition) is 1. The Labute approximate surface area is 154 Å². The topological polar surface area (TPSA) is 73.9 Å². The van der Waals surface area contributed by atoms with Crippen LogP contribution in [0.1, 0.15) is 10.4 Å². The number of nitrogens with one attached hydrogen (secondary N) is 1. The number of methoxy groups -OCH3 is 2. The summed E-state index contributed by atoms with van der Waals surface area (Å²) in [5.41, 5.74) is 0.531. The van der Waals surface area contributed by atoms with Gasteiger partial charge < -0.3 is 19.5 Å². The van der Waals surface area contributed by atoms with Crippen molar-refractivity contribution >= 4 is 40.8 Å². The van der Waals surface area contributed by atoms with Gasteiger partial charge in [0.25, 0.3) is 5.91 Å². The molecular formula is C17H15Cl2NO5. The molecule has 0 heterocycles. The molecule has 8 heteroatoms. The normalized spacial score (nSPS) is 10.1. The van der Waals surface area contributed by atoms with Crippen LogP contribution >= 0.6 is 23.2 Å². The molecule has 2 aromatic carbocycles. The van der Waals surface area contributed by atoms with Crippen molar-refractivity contribution in [2.75, 3.05) is 26.1 Å². The maximum Gasteiger partial charge on any atom is 0.338 e. The molecule has 0 unspecified atom stereocenters. The second-order valence-corrected chi connectivity index (χ2v) is 5.69. The molecule has 2 rings (SSSR count). The van der Waals surface area contributed by atoms with Gasteiger partial charge in [0.15, 0.2) is 6.61 Å². The zero-order chi connectivity index (χ0) is 18.4. The Morgan fingerprint density at radius 3 is 2.24 bits per heavy atom. The van der Waals surface area contributed by atoms with Gasteiger partial charge in [0.05, 0.1) is 30.5 Å².